The lowest BCUT2D eigenvalue weighted by Gasteiger charge is -2.15. The number of pyridine rings is 1. The van der Waals surface area contributed by atoms with Gasteiger partial charge >= 0.3 is 17.3 Å². The summed E-state index contributed by atoms with van der Waals surface area (Å²) in [4.78, 5) is 44.5. The lowest BCUT2D eigenvalue weighted by Crippen LogP contribution is -2.44. The largest absolute Gasteiger partial charge is 0.480 e. The molecule has 0 saturated heterocycles. The van der Waals surface area contributed by atoms with Crippen LogP contribution in [-0.4, -0.2) is 30.2 Å². The summed E-state index contributed by atoms with van der Waals surface area (Å²) in [6.45, 7) is -0.787. The standard InChI is InChI=1S/C23H17Cl2N5O5/c24-15-3-1-14(2-4-15)12-29-21(28-22(33)30(23(29)34)13-20(31)32)27-17-6-8-18(9-7-17)35-19-10-5-16(25)11-26-19/h1-11H,12-13H2,(H,31,32)(H,27,28,33). The monoisotopic (exact) mass is 513 g/mol. The van der Waals surface area contributed by atoms with Crippen LogP contribution in [0.1, 0.15) is 5.56 Å². The summed E-state index contributed by atoms with van der Waals surface area (Å²) < 4.78 is 7.39. The lowest BCUT2D eigenvalue weighted by atomic mass is 10.2. The molecule has 35 heavy (non-hydrogen) atoms. The van der Waals surface area contributed by atoms with Crippen LogP contribution in [0, 0.1) is 0 Å². The van der Waals surface area contributed by atoms with Gasteiger partial charge in [0.25, 0.3) is 0 Å². The Balaban J connectivity index is 1.64. The first-order chi connectivity index (χ1) is 16.8. The van der Waals surface area contributed by atoms with Crippen LogP contribution in [0.2, 0.25) is 10.0 Å². The molecule has 4 rings (SSSR count). The van der Waals surface area contributed by atoms with Gasteiger partial charge in [0, 0.05) is 23.0 Å². The number of anilines is 2. The number of nitrogens with one attached hydrogen (secondary N) is 1. The number of ether oxygens (including phenoxy) is 1. The highest BCUT2D eigenvalue weighted by Crippen LogP contribution is 2.23. The van der Waals surface area contributed by atoms with E-state index in [1.54, 1.807) is 60.7 Å². The molecule has 2 N–H and O–H groups in total. The van der Waals surface area contributed by atoms with Crippen LogP contribution in [0.4, 0.5) is 11.6 Å². The minimum Gasteiger partial charge on any atom is -0.480 e. The fourth-order valence-corrected chi connectivity index (χ4v) is 3.33. The summed E-state index contributed by atoms with van der Waals surface area (Å²) in [6.07, 6.45) is 1.46. The van der Waals surface area contributed by atoms with Crippen LogP contribution in [-0.2, 0) is 17.9 Å². The van der Waals surface area contributed by atoms with Crippen molar-refractivity contribution in [2.75, 3.05) is 5.32 Å². The quantitative estimate of drug-likeness (QED) is 0.364. The number of carbonyl (C=O) groups is 1. The second-order valence-corrected chi connectivity index (χ2v) is 8.13. The molecule has 2 heterocycles. The van der Waals surface area contributed by atoms with E-state index in [0.717, 1.165) is 0 Å². The molecule has 0 atom stereocenters. The van der Waals surface area contributed by atoms with Crippen molar-refractivity contribution in [3.63, 3.8) is 0 Å². The van der Waals surface area contributed by atoms with Crippen LogP contribution < -0.4 is 21.4 Å². The van der Waals surface area contributed by atoms with Gasteiger partial charge in [-0.05, 0) is 48.0 Å². The van der Waals surface area contributed by atoms with Crippen LogP contribution in [0.5, 0.6) is 11.6 Å². The van der Waals surface area contributed by atoms with E-state index in [4.69, 9.17) is 33.0 Å². The zero-order chi connectivity index (χ0) is 24.9. The third-order valence-corrected chi connectivity index (χ3v) is 5.21. The molecule has 0 aliphatic rings. The highest BCUT2D eigenvalue weighted by molar-refractivity contribution is 6.30. The fraction of sp³-hybridized carbons (Fsp3) is 0.0870. The number of hydrogen-bond donors (Lipinski definition) is 2. The Bertz CT molecular complexity index is 1470. The minimum absolute atomic E-state index is 0.0225. The highest BCUT2D eigenvalue weighted by atomic mass is 35.5. The van der Waals surface area contributed by atoms with Crippen LogP contribution in [0.25, 0.3) is 0 Å². The predicted octanol–water partition coefficient (Wildman–Crippen LogP) is 3.78. The van der Waals surface area contributed by atoms with Gasteiger partial charge in [-0.1, -0.05) is 35.3 Å². The number of aromatic nitrogens is 4. The number of hydrogen-bond acceptors (Lipinski definition) is 7. The van der Waals surface area contributed by atoms with E-state index >= 15 is 0 Å². The first-order valence-electron chi connectivity index (χ1n) is 10.1. The van der Waals surface area contributed by atoms with Crippen molar-refractivity contribution in [2.24, 2.45) is 0 Å². The Labute approximate surface area is 208 Å². The van der Waals surface area contributed by atoms with Gasteiger partial charge in [-0.15, -0.1) is 0 Å². The van der Waals surface area contributed by atoms with Crippen LogP contribution in [0.15, 0.2) is 76.4 Å². The summed E-state index contributed by atoms with van der Waals surface area (Å²) in [7, 11) is 0. The Morgan fingerprint density at radius 1 is 0.943 bits per heavy atom. The van der Waals surface area contributed by atoms with Crippen molar-refractivity contribution < 1.29 is 14.6 Å². The average Bonchev–Trinajstić information content (AvgIpc) is 2.83. The van der Waals surface area contributed by atoms with Crippen molar-refractivity contribution in [1.82, 2.24) is 19.1 Å². The van der Waals surface area contributed by atoms with E-state index in [-0.39, 0.29) is 12.5 Å². The van der Waals surface area contributed by atoms with Gasteiger partial charge in [0.05, 0.1) is 11.6 Å². The molecule has 0 aliphatic heterocycles. The maximum atomic E-state index is 13.0. The molecular weight excluding hydrogens is 497 g/mol. The molecule has 0 radical (unpaired) electrons. The Kier molecular flexibility index (Phi) is 7.14. The van der Waals surface area contributed by atoms with Crippen molar-refractivity contribution in [3.8, 4) is 11.6 Å². The molecule has 0 spiro atoms. The number of rotatable bonds is 8. The third kappa shape index (κ3) is 6.05. The molecule has 0 fully saturated rings. The summed E-state index contributed by atoms with van der Waals surface area (Å²) >= 11 is 11.8. The van der Waals surface area contributed by atoms with Crippen LogP contribution in [0.3, 0.4) is 0 Å². The molecular formula is C23H17Cl2N5O5. The first kappa shape index (κ1) is 24.0. The van der Waals surface area contributed by atoms with Gasteiger partial charge in [0.15, 0.2) is 0 Å². The van der Waals surface area contributed by atoms with E-state index in [1.165, 1.54) is 10.8 Å². The molecule has 0 unspecified atom stereocenters. The molecule has 0 amide bonds. The van der Waals surface area contributed by atoms with Crippen molar-refractivity contribution in [1.29, 1.82) is 0 Å². The van der Waals surface area contributed by atoms with Gasteiger partial charge in [-0.3, -0.25) is 9.36 Å². The van der Waals surface area contributed by atoms with Gasteiger partial charge < -0.3 is 15.2 Å². The maximum absolute atomic E-state index is 13.0. The molecule has 12 heteroatoms. The molecule has 0 saturated carbocycles. The number of halogens is 2. The Hall–Kier alpha value is -4.15. The van der Waals surface area contributed by atoms with Gasteiger partial charge in [0.2, 0.25) is 11.8 Å². The SMILES string of the molecule is O=C(O)Cn1c(=O)nc(Nc2ccc(Oc3ccc(Cl)cn3)cc2)n(Cc2ccc(Cl)cc2)c1=O. The Morgan fingerprint density at radius 3 is 2.26 bits per heavy atom. The zero-order valence-electron chi connectivity index (χ0n) is 17.9. The van der Waals surface area contributed by atoms with Crippen molar-refractivity contribution in [3.05, 3.63) is 103 Å². The molecule has 2 aromatic carbocycles. The Morgan fingerprint density at radius 2 is 1.63 bits per heavy atom. The second-order valence-electron chi connectivity index (χ2n) is 7.26. The zero-order valence-corrected chi connectivity index (χ0v) is 19.4. The second kappa shape index (κ2) is 10.4. The number of carboxylic acids is 1. The summed E-state index contributed by atoms with van der Waals surface area (Å²) in [5, 5.41) is 13.0. The molecule has 0 aliphatic carbocycles. The molecule has 0 bridgehead atoms. The normalized spacial score (nSPS) is 10.7. The first-order valence-corrected chi connectivity index (χ1v) is 10.9. The molecule has 178 valence electrons. The van der Waals surface area contributed by atoms with Crippen molar-refractivity contribution in [2.45, 2.75) is 13.1 Å². The van der Waals surface area contributed by atoms with Gasteiger partial charge in [-0.25, -0.2) is 19.1 Å². The van der Waals surface area contributed by atoms with Gasteiger partial charge in [0.1, 0.15) is 12.3 Å². The smallest absolute Gasteiger partial charge is 0.355 e. The number of nitrogens with zero attached hydrogens (tertiary/aromatic N) is 4. The maximum Gasteiger partial charge on any atom is 0.355 e. The van der Waals surface area contributed by atoms with Gasteiger partial charge in [-0.2, -0.15) is 4.98 Å². The fourth-order valence-electron chi connectivity index (χ4n) is 3.09. The minimum atomic E-state index is -1.34. The number of aliphatic carboxylic acids is 1. The molecule has 2 aromatic heterocycles. The van der Waals surface area contributed by atoms with E-state index in [1.807, 2.05) is 0 Å². The third-order valence-electron chi connectivity index (χ3n) is 4.73. The topological polar surface area (TPSA) is 128 Å². The van der Waals surface area contributed by atoms with E-state index < -0.39 is 23.9 Å². The summed E-state index contributed by atoms with van der Waals surface area (Å²) in [6, 6.07) is 16.6. The highest BCUT2D eigenvalue weighted by Gasteiger charge is 2.16. The predicted molar refractivity (Wildman–Crippen MR) is 130 cm³/mol. The van der Waals surface area contributed by atoms with E-state index in [9.17, 15) is 14.4 Å². The van der Waals surface area contributed by atoms with Crippen molar-refractivity contribution >= 4 is 40.8 Å². The van der Waals surface area contributed by atoms with E-state index in [0.29, 0.717) is 37.5 Å². The summed E-state index contributed by atoms with van der Waals surface area (Å²) in [5.41, 5.74) is -0.603. The number of benzene rings is 2. The summed E-state index contributed by atoms with van der Waals surface area (Å²) in [5.74, 6) is -0.537. The number of carboxylic acid groups (broad SMARTS) is 1. The lowest BCUT2D eigenvalue weighted by molar-refractivity contribution is -0.137. The van der Waals surface area contributed by atoms with E-state index in [2.05, 4.69) is 15.3 Å². The van der Waals surface area contributed by atoms with Crippen LogP contribution >= 0.6 is 23.2 Å². The molecule has 4 aromatic rings. The average molecular weight is 514 g/mol. The molecule has 10 nitrogen and oxygen atoms in total.